The Hall–Kier alpha value is -3.24. The van der Waals surface area contributed by atoms with Crippen molar-refractivity contribution in [3.63, 3.8) is 0 Å². The molecule has 0 atom stereocenters. The van der Waals surface area contributed by atoms with Crippen molar-refractivity contribution in [3.05, 3.63) is 48.0 Å². The van der Waals surface area contributed by atoms with Crippen LogP contribution in [0.5, 0.6) is 17.2 Å². The van der Waals surface area contributed by atoms with Gasteiger partial charge in [-0.3, -0.25) is 0 Å². The lowest BCUT2D eigenvalue weighted by Crippen LogP contribution is -2.22. The maximum atomic E-state index is 12.4. The summed E-state index contributed by atoms with van der Waals surface area (Å²) in [7, 11) is 1.32. The zero-order chi connectivity index (χ0) is 20.7. The van der Waals surface area contributed by atoms with E-state index in [1.165, 1.54) is 31.4 Å². The molecule has 0 aliphatic rings. The molecule has 11 heteroatoms. The van der Waals surface area contributed by atoms with Crippen molar-refractivity contribution in [2.75, 3.05) is 12.4 Å². The first-order valence-electron chi connectivity index (χ1n) is 7.71. The third kappa shape index (κ3) is 6.82. The van der Waals surface area contributed by atoms with Crippen LogP contribution in [-0.2, 0) is 6.54 Å². The van der Waals surface area contributed by atoms with Crippen LogP contribution in [0.3, 0.4) is 0 Å². The van der Waals surface area contributed by atoms with Crippen molar-refractivity contribution in [2.24, 2.45) is 10.7 Å². The molecule has 0 radical (unpaired) electrons. The van der Waals surface area contributed by atoms with Gasteiger partial charge in [0.15, 0.2) is 17.5 Å². The fourth-order valence-electron chi connectivity index (χ4n) is 2.11. The van der Waals surface area contributed by atoms with Gasteiger partial charge in [-0.25, -0.2) is 4.99 Å². The highest BCUT2D eigenvalue weighted by molar-refractivity contribution is 5.92. The molecule has 0 spiro atoms. The molecule has 2 aromatic carbocycles. The lowest BCUT2D eigenvalue weighted by Gasteiger charge is -2.11. The summed E-state index contributed by atoms with van der Waals surface area (Å²) in [6.07, 6.45) is -4.78. The second kappa shape index (κ2) is 9.11. The Balaban J connectivity index is 2.00. The highest BCUT2D eigenvalue weighted by atomic mass is 19.4. The van der Waals surface area contributed by atoms with E-state index in [-0.39, 0.29) is 29.8 Å². The molecule has 0 saturated heterocycles. The predicted octanol–water partition coefficient (Wildman–Crippen LogP) is 4.12. The van der Waals surface area contributed by atoms with Crippen LogP contribution < -0.4 is 25.3 Å². The van der Waals surface area contributed by atoms with E-state index in [9.17, 15) is 22.0 Å². The van der Waals surface area contributed by atoms with Gasteiger partial charge in [0.2, 0.25) is 0 Å². The van der Waals surface area contributed by atoms with Gasteiger partial charge in [-0.1, -0.05) is 6.07 Å². The number of nitrogens with two attached hydrogens (primary N) is 1. The Morgan fingerprint density at radius 3 is 2.36 bits per heavy atom. The quantitative estimate of drug-likeness (QED) is 0.412. The number of benzene rings is 2. The van der Waals surface area contributed by atoms with Gasteiger partial charge in [0, 0.05) is 5.69 Å². The highest BCUT2D eigenvalue weighted by Gasteiger charge is 2.30. The summed E-state index contributed by atoms with van der Waals surface area (Å²) in [6.45, 7) is -2.97. The van der Waals surface area contributed by atoms with Crippen molar-refractivity contribution >= 4 is 11.6 Å². The second-order valence-corrected chi connectivity index (χ2v) is 5.26. The summed E-state index contributed by atoms with van der Waals surface area (Å²) in [5, 5.41) is 2.69. The summed E-state index contributed by atoms with van der Waals surface area (Å²) >= 11 is 0. The zero-order valence-electron chi connectivity index (χ0n) is 14.5. The molecular weight excluding hydrogens is 389 g/mol. The number of aliphatic imine (C=N–C) groups is 1. The minimum atomic E-state index is -4.78. The van der Waals surface area contributed by atoms with Gasteiger partial charge in [-0.15, -0.1) is 13.2 Å². The van der Waals surface area contributed by atoms with Crippen molar-refractivity contribution in [1.29, 1.82) is 0 Å². The first kappa shape index (κ1) is 21.1. The van der Waals surface area contributed by atoms with Crippen LogP contribution in [0.15, 0.2) is 47.5 Å². The van der Waals surface area contributed by atoms with E-state index < -0.39 is 13.0 Å². The Morgan fingerprint density at radius 1 is 1.11 bits per heavy atom. The van der Waals surface area contributed by atoms with E-state index in [0.717, 1.165) is 12.1 Å². The fraction of sp³-hybridized carbons (Fsp3) is 0.235. The molecule has 0 unspecified atom stereocenters. The predicted molar refractivity (Wildman–Crippen MR) is 91.7 cm³/mol. The number of halogens is 5. The molecule has 0 fully saturated rings. The van der Waals surface area contributed by atoms with Gasteiger partial charge in [-0.05, 0) is 42.0 Å². The molecule has 0 aliphatic carbocycles. The van der Waals surface area contributed by atoms with Crippen LogP contribution in [0.2, 0.25) is 0 Å². The second-order valence-electron chi connectivity index (χ2n) is 5.26. The van der Waals surface area contributed by atoms with Crippen LogP contribution in [0.1, 0.15) is 5.56 Å². The Morgan fingerprint density at radius 2 is 1.79 bits per heavy atom. The first-order chi connectivity index (χ1) is 13.2. The highest BCUT2D eigenvalue weighted by Crippen LogP contribution is 2.29. The van der Waals surface area contributed by atoms with Crippen LogP contribution in [-0.4, -0.2) is 26.0 Å². The number of guanidine groups is 1. The van der Waals surface area contributed by atoms with Crippen molar-refractivity contribution < 1.29 is 36.2 Å². The van der Waals surface area contributed by atoms with Gasteiger partial charge in [0.1, 0.15) is 5.75 Å². The van der Waals surface area contributed by atoms with E-state index in [0.29, 0.717) is 11.3 Å². The summed E-state index contributed by atoms with van der Waals surface area (Å²) in [4.78, 5) is 4.04. The first-order valence-corrected chi connectivity index (χ1v) is 7.71. The zero-order valence-corrected chi connectivity index (χ0v) is 14.5. The molecule has 2 rings (SSSR count). The number of hydrogen-bond acceptors (Lipinski definition) is 4. The van der Waals surface area contributed by atoms with Crippen LogP contribution in [0, 0.1) is 0 Å². The monoisotopic (exact) mass is 405 g/mol. The number of rotatable bonds is 7. The third-order valence-electron chi connectivity index (χ3n) is 3.24. The van der Waals surface area contributed by atoms with Crippen LogP contribution >= 0.6 is 0 Å². The minimum Gasteiger partial charge on any atom is -0.493 e. The van der Waals surface area contributed by atoms with E-state index in [4.69, 9.17) is 10.5 Å². The number of methoxy groups -OCH3 is 1. The lowest BCUT2D eigenvalue weighted by molar-refractivity contribution is -0.274. The van der Waals surface area contributed by atoms with E-state index in [2.05, 4.69) is 19.8 Å². The Labute approximate surface area is 156 Å². The minimum absolute atomic E-state index is 0.0309. The van der Waals surface area contributed by atoms with Crippen molar-refractivity contribution in [1.82, 2.24) is 0 Å². The Kier molecular flexibility index (Phi) is 6.85. The number of nitrogens with one attached hydrogen (secondary N) is 1. The normalized spacial score (nSPS) is 12.0. The molecule has 0 heterocycles. The largest absolute Gasteiger partial charge is 0.573 e. The lowest BCUT2D eigenvalue weighted by atomic mass is 10.2. The average Bonchev–Trinajstić information content (AvgIpc) is 2.60. The van der Waals surface area contributed by atoms with E-state index >= 15 is 0 Å². The molecule has 0 saturated carbocycles. The molecule has 152 valence electrons. The summed E-state index contributed by atoms with van der Waals surface area (Å²) in [6, 6.07) is 9.26. The van der Waals surface area contributed by atoms with Gasteiger partial charge >= 0.3 is 13.0 Å². The summed E-state index contributed by atoms with van der Waals surface area (Å²) in [5.41, 5.74) is 6.62. The molecule has 0 aromatic heterocycles. The van der Waals surface area contributed by atoms with Gasteiger partial charge in [0.25, 0.3) is 0 Å². The van der Waals surface area contributed by atoms with Crippen molar-refractivity contribution in [3.8, 4) is 17.2 Å². The maximum Gasteiger partial charge on any atom is 0.573 e. The number of alkyl halides is 5. The SMILES string of the molecule is COc1ccc(CN=C(N)Nc2ccc(OC(F)(F)F)cc2)cc1OC(F)F. The topological polar surface area (TPSA) is 78.1 Å². The molecule has 0 amide bonds. The Bertz CT molecular complexity index is 811. The van der Waals surface area contributed by atoms with Gasteiger partial charge in [-0.2, -0.15) is 8.78 Å². The number of nitrogens with zero attached hydrogens (tertiary/aromatic N) is 1. The fourth-order valence-corrected chi connectivity index (χ4v) is 2.11. The van der Waals surface area contributed by atoms with Gasteiger partial charge < -0.3 is 25.3 Å². The third-order valence-corrected chi connectivity index (χ3v) is 3.24. The number of hydrogen-bond donors (Lipinski definition) is 2. The smallest absolute Gasteiger partial charge is 0.493 e. The molecule has 28 heavy (non-hydrogen) atoms. The van der Waals surface area contributed by atoms with E-state index in [1.54, 1.807) is 6.07 Å². The number of anilines is 1. The molecule has 2 aromatic rings. The molecular formula is C17H16F5N3O3. The van der Waals surface area contributed by atoms with E-state index in [1.807, 2.05) is 0 Å². The van der Waals surface area contributed by atoms with Gasteiger partial charge in [0.05, 0.1) is 13.7 Å². The summed E-state index contributed by atoms with van der Waals surface area (Å²) < 4.78 is 74.3. The maximum absolute atomic E-state index is 12.4. The molecule has 0 bridgehead atoms. The molecule has 0 aliphatic heterocycles. The van der Waals surface area contributed by atoms with Crippen LogP contribution in [0.25, 0.3) is 0 Å². The van der Waals surface area contributed by atoms with Crippen molar-refractivity contribution in [2.45, 2.75) is 19.5 Å². The molecule has 3 N–H and O–H groups in total. The number of ether oxygens (including phenoxy) is 3. The standard InChI is InChI=1S/C17H16F5N3O3/c1-26-13-7-2-10(8-14(13)27-15(18)19)9-24-16(23)25-11-3-5-12(6-4-11)28-17(20,21)22/h2-8,15H,9H2,1H3,(H3,23,24,25). The average molecular weight is 405 g/mol. The van der Waals surface area contributed by atoms with Crippen LogP contribution in [0.4, 0.5) is 27.6 Å². The molecule has 6 nitrogen and oxygen atoms in total. The summed E-state index contributed by atoms with van der Waals surface area (Å²) in [5.74, 6) is -0.410.